The average Bonchev–Trinajstić information content (AvgIpc) is 2.60. The molecule has 0 bridgehead atoms. The number of halogens is 1. The molecule has 2 heteroatoms. The van der Waals surface area contributed by atoms with Crippen molar-refractivity contribution in [3.63, 3.8) is 0 Å². The van der Waals surface area contributed by atoms with Crippen LogP contribution in [-0.4, -0.2) is 13.1 Å². The maximum absolute atomic E-state index is 3.74. The normalized spacial score (nSPS) is 23.0. The SMILES string of the molecule is Brc1cccc2c1C1(CCNCC1)CC2. The Morgan fingerprint density at radius 3 is 2.73 bits per heavy atom. The zero-order valence-electron chi connectivity index (χ0n) is 8.85. The predicted molar refractivity (Wildman–Crippen MR) is 66.2 cm³/mol. The Bertz CT molecular complexity index is 375. The van der Waals surface area contributed by atoms with E-state index in [1.807, 2.05) is 0 Å². The molecule has 0 radical (unpaired) electrons. The Balaban J connectivity index is 2.09. The molecule has 80 valence electrons. The van der Waals surface area contributed by atoms with Crippen molar-refractivity contribution in [2.24, 2.45) is 0 Å². The topological polar surface area (TPSA) is 12.0 Å². The van der Waals surface area contributed by atoms with Crippen LogP contribution >= 0.6 is 15.9 Å². The summed E-state index contributed by atoms with van der Waals surface area (Å²) in [5.41, 5.74) is 3.68. The molecule has 1 aromatic rings. The van der Waals surface area contributed by atoms with E-state index in [9.17, 15) is 0 Å². The molecule has 1 spiro atoms. The molecule has 3 rings (SSSR count). The van der Waals surface area contributed by atoms with Gasteiger partial charge in [0.15, 0.2) is 0 Å². The highest BCUT2D eigenvalue weighted by molar-refractivity contribution is 9.10. The number of hydrogen-bond acceptors (Lipinski definition) is 1. The Kier molecular flexibility index (Phi) is 2.37. The average molecular weight is 266 g/mol. The zero-order chi connectivity index (χ0) is 10.3. The Morgan fingerprint density at radius 1 is 1.13 bits per heavy atom. The molecule has 1 heterocycles. The molecular weight excluding hydrogens is 250 g/mol. The van der Waals surface area contributed by atoms with Gasteiger partial charge in [-0.3, -0.25) is 0 Å². The van der Waals surface area contributed by atoms with E-state index in [4.69, 9.17) is 0 Å². The summed E-state index contributed by atoms with van der Waals surface area (Å²) in [6.45, 7) is 2.36. The third kappa shape index (κ3) is 1.46. The fraction of sp³-hybridized carbons (Fsp3) is 0.538. The van der Waals surface area contributed by atoms with E-state index in [1.54, 1.807) is 11.1 Å². The third-order valence-corrected chi connectivity index (χ3v) is 4.72. The van der Waals surface area contributed by atoms with Crippen molar-refractivity contribution in [3.05, 3.63) is 33.8 Å². The van der Waals surface area contributed by atoms with E-state index in [0.29, 0.717) is 5.41 Å². The lowest BCUT2D eigenvalue weighted by Crippen LogP contribution is -2.38. The standard InChI is InChI=1S/C13H16BrN/c14-11-3-1-2-10-4-5-13(12(10)11)6-8-15-9-7-13/h1-3,15H,4-9H2. The summed E-state index contributed by atoms with van der Waals surface area (Å²) in [6, 6.07) is 6.67. The van der Waals surface area contributed by atoms with Crippen LogP contribution in [0.1, 0.15) is 30.4 Å². The lowest BCUT2D eigenvalue weighted by Gasteiger charge is -2.35. The van der Waals surface area contributed by atoms with Crippen LogP contribution < -0.4 is 5.32 Å². The van der Waals surface area contributed by atoms with Gasteiger partial charge in [0.2, 0.25) is 0 Å². The molecule has 1 N–H and O–H groups in total. The summed E-state index contributed by atoms with van der Waals surface area (Å²) in [5, 5.41) is 3.47. The number of benzene rings is 1. The Morgan fingerprint density at radius 2 is 1.93 bits per heavy atom. The van der Waals surface area contributed by atoms with Crippen molar-refractivity contribution < 1.29 is 0 Å². The van der Waals surface area contributed by atoms with Crippen LogP contribution in [-0.2, 0) is 11.8 Å². The van der Waals surface area contributed by atoms with Gasteiger partial charge in [0.05, 0.1) is 0 Å². The van der Waals surface area contributed by atoms with Gasteiger partial charge in [-0.2, -0.15) is 0 Å². The van der Waals surface area contributed by atoms with E-state index >= 15 is 0 Å². The molecule has 1 nitrogen and oxygen atoms in total. The molecule has 2 aliphatic rings. The van der Waals surface area contributed by atoms with Crippen LogP contribution in [0.15, 0.2) is 22.7 Å². The lowest BCUT2D eigenvalue weighted by atomic mass is 9.74. The van der Waals surface area contributed by atoms with Crippen molar-refractivity contribution in [1.82, 2.24) is 5.32 Å². The van der Waals surface area contributed by atoms with Crippen LogP contribution in [0.25, 0.3) is 0 Å². The second-order valence-electron chi connectivity index (χ2n) is 4.80. The minimum absolute atomic E-state index is 0.487. The molecule has 0 unspecified atom stereocenters. The highest BCUT2D eigenvalue weighted by atomic mass is 79.9. The lowest BCUT2D eigenvalue weighted by molar-refractivity contribution is 0.305. The number of fused-ring (bicyclic) bond motifs is 2. The molecule has 0 aromatic heterocycles. The number of piperidine rings is 1. The number of rotatable bonds is 0. The fourth-order valence-corrected chi connectivity index (χ4v) is 4.10. The molecule has 0 atom stereocenters. The van der Waals surface area contributed by atoms with Crippen LogP contribution in [0.5, 0.6) is 0 Å². The molecule has 1 aliphatic heterocycles. The summed E-state index contributed by atoms with van der Waals surface area (Å²) in [4.78, 5) is 0. The van der Waals surface area contributed by atoms with Gasteiger partial charge in [0.1, 0.15) is 0 Å². The highest BCUT2D eigenvalue weighted by Crippen LogP contribution is 2.47. The first-order valence-corrected chi connectivity index (χ1v) is 6.60. The van der Waals surface area contributed by atoms with E-state index in [-0.39, 0.29) is 0 Å². The second kappa shape index (κ2) is 3.60. The molecule has 1 aliphatic carbocycles. The first-order valence-electron chi connectivity index (χ1n) is 5.80. The molecule has 15 heavy (non-hydrogen) atoms. The fourth-order valence-electron chi connectivity index (χ4n) is 3.28. The monoisotopic (exact) mass is 265 g/mol. The van der Waals surface area contributed by atoms with E-state index in [2.05, 4.69) is 39.4 Å². The van der Waals surface area contributed by atoms with Crippen molar-refractivity contribution in [2.75, 3.05) is 13.1 Å². The van der Waals surface area contributed by atoms with Crippen LogP contribution in [0.3, 0.4) is 0 Å². The van der Waals surface area contributed by atoms with Gasteiger partial charge >= 0.3 is 0 Å². The Hall–Kier alpha value is -0.340. The van der Waals surface area contributed by atoms with Crippen molar-refractivity contribution in [1.29, 1.82) is 0 Å². The molecule has 0 saturated carbocycles. The quantitative estimate of drug-likeness (QED) is 0.761. The van der Waals surface area contributed by atoms with Gasteiger partial charge in [-0.05, 0) is 61.4 Å². The number of aryl methyl sites for hydroxylation is 1. The van der Waals surface area contributed by atoms with Gasteiger partial charge in [0.25, 0.3) is 0 Å². The first kappa shape index (κ1) is 9.86. The highest BCUT2D eigenvalue weighted by Gasteiger charge is 2.40. The summed E-state index contributed by atoms with van der Waals surface area (Å²) in [5.74, 6) is 0. The van der Waals surface area contributed by atoms with Crippen LogP contribution in [0.4, 0.5) is 0 Å². The first-order chi connectivity index (χ1) is 7.32. The zero-order valence-corrected chi connectivity index (χ0v) is 10.4. The summed E-state index contributed by atoms with van der Waals surface area (Å²) in [7, 11) is 0. The van der Waals surface area contributed by atoms with E-state index in [1.165, 1.54) is 43.2 Å². The largest absolute Gasteiger partial charge is 0.317 e. The van der Waals surface area contributed by atoms with Gasteiger partial charge < -0.3 is 5.32 Å². The Labute approximate surface area is 99.4 Å². The van der Waals surface area contributed by atoms with Gasteiger partial charge in [-0.25, -0.2) is 0 Å². The maximum atomic E-state index is 3.74. The van der Waals surface area contributed by atoms with E-state index in [0.717, 1.165) is 0 Å². The molecule has 0 amide bonds. The van der Waals surface area contributed by atoms with Gasteiger partial charge in [-0.1, -0.05) is 28.1 Å². The molecule has 1 aromatic carbocycles. The van der Waals surface area contributed by atoms with Crippen LogP contribution in [0.2, 0.25) is 0 Å². The van der Waals surface area contributed by atoms with Crippen LogP contribution in [0, 0.1) is 0 Å². The van der Waals surface area contributed by atoms with Crippen molar-refractivity contribution in [3.8, 4) is 0 Å². The van der Waals surface area contributed by atoms with E-state index < -0.39 is 0 Å². The molecule has 1 fully saturated rings. The summed E-state index contributed by atoms with van der Waals surface area (Å²) < 4.78 is 1.33. The van der Waals surface area contributed by atoms with Crippen molar-refractivity contribution >= 4 is 15.9 Å². The number of hydrogen-bond donors (Lipinski definition) is 1. The summed E-state index contributed by atoms with van der Waals surface area (Å²) >= 11 is 3.74. The smallest absolute Gasteiger partial charge is 0.0215 e. The summed E-state index contributed by atoms with van der Waals surface area (Å²) in [6.07, 6.45) is 5.24. The number of nitrogens with one attached hydrogen (secondary N) is 1. The second-order valence-corrected chi connectivity index (χ2v) is 5.66. The minimum atomic E-state index is 0.487. The minimum Gasteiger partial charge on any atom is -0.317 e. The molecule has 1 saturated heterocycles. The molecular formula is C13H16BrN. The van der Waals surface area contributed by atoms with Gasteiger partial charge in [0, 0.05) is 4.47 Å². The maximum Gasteiger partial charge on any atom is 0.0215 e. The van der Waals surface area contributed by atoms with Crippen molar-refractivity contribution in [2.45, 2.75) is 31.1 Å². The third-order valence-electron chi connectivity index (χ3n) is 4.06. The predicted octanol–water partition coefficient (Wildman–Crippen LogP) is 3.02. The van der Waals surface area contributed by atoms with Gasteiger partial charge in [-0.15, -0.1) is 0 Å².